The molecule has 1 aromatic heterocycles. The number of carbonyl (C=O) groups is 2. The molecular weight excluding hydrogens is 380 g/mol. The van der Waals surface area contributed by atoms with E-state index in [0.717, 1.165) is 11.3 Å². The molecule has 0 saturated carbocycles. The number of anilines is 1. The van der Waals surface area contributed by atoms with Gasteiger partial charge in [-0.05, 0) is 51.5 Å². The quantitative estimate of drug-likeness (QED) is 0.666. The minimum atomic E-state index is -0.512. The molecule has 1 N–H and O–H groups in total. The predicted molar refractivity (Wildman–Crippen MR) is 106 cm³/mol. The third-order valence-corrected chi connectivity index (χ3v) is 4.94. The molecule has 148 valence electrons. The fourth-order valence-corrected chi connectivity index (χ4v) is 3.54. The number of hydrogen-bond donors (Lipinski definition) is 1. The van der Waals surface area contributed by atoms with Crippen LogP contribution in [0.4, 0.5) is 5.00 Å². The van der Waals surface area contributed by atoms with Gasteiger partial charge in [0.2, 0.25) is 0 Å². The first-order valence-electron chi connectivity index (χ1n) is 8.88. The van der Waals surface area contributed by atoms with Crippen LogP contribution in [0.25, 0.3) is 0 Å². The van der Waals surface area contributed by atoms with Gasteiger partial charge >= 0.3 is 5.97 Å². The zero-order chi connectivity index (χ0) is 20.7. The first kappa shape index (κ1) is 21.3. The number of carbonyl (C=O) groups excluding carboxylic acids is 2. The maximum absolute atomic E-state index is 12.7. The molecule has 0 aliphatic carbocycles. The monoisotopic (exact) mass is 402 g/mol. The van der Waals surface area contributed by atoms with Crippen LogP contribution in [0.15, 0.2) is 18.2 Å². The predicted octanol–water partition coefficient (Wildman–Crippen LogP) is 4.15. The van der Waals surface area contributed by atoms with Gasteiger partial charge in [0, 0.05) is 5.56 Å². The van der Waals surface area contributed by atoms with Crippen LogP contribution >= 0.6 is 11.3 Å². The fraction of sp³-hybridized carbons (Fsp3) is 0.350. The molecule has 0 bridgehead atoms. The lowest BCUT2D eigenvalue weighted by Crippen LogP contribution is -2.12. The van der Waals surface area contributed by atoms with Crippen LogP contribution in [0.1, 0.15) is 51.9 Å². The second-order valence-corrected chi connectivity index (χ2v) is 6.59. The Morgan fingerprint density at radius 1 is 1.11 bits per heavy atom. The minimum absolute atomic E-state index is 0.228. The SMILES string of the molecule is CCOC(=O)c1sc(NC(=O)c2ccc(OCC)c(OCC)c2)c(C#N)c1C. The topological polar surface area (TPSA) is 97.7 Å². The number of benzene rings is 1. The summed E-state index contributed by atoms with van der Waals surface area (Å²) in [4.78, 5) is 25.1. The Morgan fingerprint density at radius 3 is 2.39 bits per heavy atom. The van der Waals surface area contributed by atoms with Gasteiger partial charge in [-0.25, -0.2) is 4.79 Å². The largest absolute Gasteiger partial charge is 0.490 e. The molecule has 0 fully saturated rings. The van der Waals surface area contributed by atoms with Gasteiger partial charge in [0.05, 0.1) is 25.4 Å². The third-order valence-electron chi connectivity index (χ3n) is 3.75. The van der Waals surface area contributed by atoms with Crippen molar-refractivity contribution in [1.82, 2.24) is 0 Å². The van der Waals surface area contributed by atoms with E-state index >= 15 is 0 Å². The number of thiophene rings is 1. The second-order valence-electron chi connectivity index (χ2n) is 5.57. The average Bonchev–Trinajstić information content (AvgIpc) is 2.99. The van der Waals surface area contributed by atoms with Crippen molar-refractivity contribution in [2.75, 3.05) is 25.1 Å². The molecule has 28 heavy (non-hydrogen) atoms. The minimum Gasteiger partial charge on any atom is -0.490 e. The third kappa shape index (κ3) is 4.61. The molecule has 0 spiro atoms. The molecule has 7 nitrogen and oxygen atoms in total. The molecule has 8 heteroatoms. The number of rotatable bonds is 8. The van der Waals surface area contributed by atoms with Gasteiger partial charge in [-0.1, -0.05) is 0 Å². The van der Waals surface area contributed by atoms with Gasteiger partial charge in [-0.2, -0.15) is 5.26 Å². The van der Waals surface area contributed by atoms with Crippen molar-refractivity contribution in [2.24, 2.45) is 0 Å². The number of nitrogens with one attached hydrogen (secondary N) is 1. The zero-order valence-electron chi connectivity index (χ0n) is 16.3. The molecule has 0 aliphatic heterocycles. The van der Waals surface area contributed by atoms with E-state index in [1.165, 1.54) is 0 Å². The molecule has 1 amide bonds. The average molecular weight is 402 g/mol. The van der Waals surface area contributed by atoms with Crippen LogP contribution in [0.3, 0.4) is 0 Å². The summed E-state index contributed by atoms with van der Waals surface area (Å²) in [7, 11) is 0. The highest BCUT2D eigenvalue weighted by molar-refractivity contribution is 7.18. The number of ether oxygens (including phenoxy) is 3. The van der Waals surface area contributed by atoms with Gasteiger partial charge in [0.15, 0.2) is 11.5 Å². The van der Waals surface area contributed by atoms with Crippen molar-refractivity contribution >= 4 is 28.2 Å². The molecule has 0 atom stereocenters. The smallest absolute Gasteiger partial charge is 0.348 e. The number of nitrogens with zero attached hydrogens (tertiary/aromatic N) is 1. The summed E-state index contributed by atoms with van der Waals surface area (Å²) in [6, 6.07) is 6.90. The summed E-state index contributed by atoms with van der Waals surface area (Å²) >= 11 is 1.02. The molecule has 0 radical (unpaired) electrons. The molecule has 1 aromatic carbocycles. The number of amides is 1. The Morgan fingerprint density at radius 2 is 1.79 bits per heavy atom. The number of nitriles is 1. The van der Waals surface area contributed by atoms with Gasteiger partial charge in [0.1, 0.15) is 15.9 Å². The Bertz CT molecular complexity index is 914. The lowest BCUT2D eigenvalue weighted by molar-refractivity contribution is 0.0531. The Labute approximate surface area is 167 Å². The van der Waals surface area contributed by atoms with Crippen molar-refractivity contribution in [2.45, 2.75) is 27.7 Å². The Balaban J connectivity index is 2.32. The van der Waals surface area contributed by atoms with Gasteiger partial charge in [-0.3, -0.25) is 4.79 Å². The van der Waals surface area contributed by atoms with Crippen LogP contribution in [-0.4, -0.2) is 31.7 Å². The molecule has 2 aromatic rings. The van der Waals surface area contributed by atoms with E-state index in [1.54, 1.807) is 32.0 Å². The molecule has 0 unspecified atom stereocenters. The Kier molecular flexibility index (Phi) is 7.41. The van der Waals surface area contributed by atoms with E-state index in [9.17, 15) is 14.9 Å². The highest BCUT2D eigenvalue weighted by Crippen LogP contribution is 2.34. The van der Waals surface area contributed by atoms with Crippen molar-refractivity contribution in [3.8, 4) is 17.6 Å². The maximum atomic E-state index is 12.7. The molecule has 2 rings (SSSR count). The van der Waals surface area contributed by atoms with Crippen molar-refractivity contribution in [3.63, 3.8) is 0 Å². The summed E-state index contributed by atoms with van der Waals surface area (Å²) < 4.78 is 16.0. The van der Waals surface area contributed by atoms with Crippen molar-refractivity contribution in [3.05, 3.63) is 39.8 Å². The maximum Gasteiger partial charge on any atom is 0.348 e. The van der Waals surface area contributed by atoms with Crippen molar-refractivity contribution < 1.29 is 23.8 Å². The standard InChI is InChI=1S/C20H22N2O5S/c1-5-25-15-9-8-13(10-16(15)26-6-2)18(23)22-19-14(11-21)12(4)17(28-19)20(24)27-7-3/h8-10H,5-7H2,1-4H3,(H,22,23). The Hall–Kier alpha value is -3.05. The number of esters is 1. The highest BCUT2D eigenvalue weighted by atomic mass is 32.1. The van der Waals surface area contributed by atoms with E-state index in [4.69, 9.17) is 14.2 Å². The van der Waals surface area contributed by atoms with E-state index in [1.807, 2.05) is 19.9 Å². The van der Waals surface area contributed by atoms with E-state index in [-0.39, 0.29) is 12.2 Å². The molecule has 0 aliphatic rings. The summed E-state index contributed by atoms with van der Waals surface area (Å²) in [5.74, 6) is 0.0844. The summed E-state index contributed by atoms with van der Waals surface area (Å²) in [6.45, 7) is 8.19. The number of hydrogen-bond acceptors (Lipinski definition) is 7. The molecule has 0 saturated heterocycles. The summed E-state index contributed by atoms with van der Waals surface area (Å²) in [6.07, 6.45) is 0. The lowest BCUT2D eigenvalue weighted by atomic mass is 10.1. The fourth-order valence-electron chi connectivity index (χ4n) is 2.50. The normalized spacial score (nSPS) is 10.1. The van der Waals surface area contributed by atoms with E-state index in [2.05, 4.69) is 5.32 Å². The lowest BCUT2D eigenvalue weighted by Gasteiger charge is -2.12. The van der Waals surface area contributed by atoms with E-state index in [0.29, 0.717) is 45.7 Å². The first-order chi connectivity index (χ1) is 13.5. The van der Waals surface area contributed by atoms with Crippen LogP contribution in [0.2, 0.25) is 0 Å². The van der Waals surface area contributed by atoms with E-state index < -0.39 is 11.9 Å². The molecule has 1 heterocycles. The summed E-state index contributed by atoms with van der Waals surface area (Å²) in [5, 5.41) is 12.4. The van der Waals surface area contributed by atoms with Crippen molar-refractivity contribution in [1.29, 1.82) is 5.26 Å². The van der Waals surface area contributed by atoms with Crippen LogP contribution in [-0.2, 0) is 4.74 Å². The van der Waals surface area contributed by atoms with Crippen LogP contribution < -0.4 is 14.8 Å². The highest BCUT2D eigenvalue weighted by Gasteiger charge is 2.23. The molecular formula is C20H22N2O5S. The zero-order valence-corrected chi connectivity index (χ0v) is 17.1. The summed E-state index contributed by atoms with van der Waals surface area (Å²) in [5.41, 5.74) is 1.08. The van der Waals surface area contributed by atoms with Gasteiger partial charge in [0.25, 0.3) is 5.91 Å². The van der Waals surface area contributed by atoms with Crippen LogP contribution in [0.5, 0.6) is 11.5 Å². The second kappa shape index (κ2) is 9.76. The first-order valence-corrected chi connectivity index (χ1v) is 9.69. The van der Waals surface area contributed by atoms with Crippen LogP contribution in [0, 0.1) is 18.3 Å². The van der Waals surface area contributed by atoms with Gasteiger partial charge in [-0.15, -0.1) is 11.3 Å². The van der Waals surface area contributed by atoms with Gasteiger partial charge < -0.3 is 19.5 Å².